The molecule has 3 N–H and O–H groups in total. The molecular weight excluding hydrogens is 601 g/mol. The number of carbonyl (C=O) groups is 2. The van der Waals surface area contributed by atoms with E-state index in [1.807, 2.05) is 0 Å². The molecule has 3 rings (SSSR count). The summed E-state index contributed by atoms with van der Waals surface area (Å²) in [5.41, 5.74) is -1.18. The largest absolute Gasteiger partial charge is 0.493 e. The van der Waals surface area contributed by atoms with Crippen molar-refractivity contribution in [2.75, 3.05) is 33.3 Å². The summed E-state index contributed by atoms with van der Waals surface area (Å²) in [4.78, 5) is 41.0. The number of methoxy groups -OCH3 is 3. The molecule has 0 spiro atoms. The fraction of sp³-hybridized carbons (Fsp3) is 0.520. The first-order valence-corrected chi connectivity index (χ1v) is 14.1. The van der Waals surface area contributed by atoms with Crippen LogP contribution in [0.25, 0.3) is 0 Å². The van der Waals surface area contributed by atoms with Crippen molar-refractivity contribution < 1.29 is 56.2 Å². The number of benzene rings is 1. The van der Waals surface area contributed by atoms with Gasteiger partial charge in [-0.1, -0.05) is 0 Å². The highest BCUT2D eigenvalue weighted by atomic mass is 31.1. The number of esters is 1. The number of alkyl halides is 2. The maximum atomic E-state index is 14.9. The van der Waals surface area contributed by atoms with Crippen molar-refractivity contribution in [3.8, 4) is 17.2 Å². The smallest absolute Gasteiger partial charge is 0.351 e. The predicted octanol–water partition coefficient (Wildman–Crippen LogP) is 1.75. The van der Waals surface area contributed by atoms with Crippen LogP contribution < -0.4 is 30.3 Å². The van der Waals surface area contributed by atoms with Gasteiger partial charge in [-0.05, 0) is 39.0 Å². The molecule has 1 aromatic carbocycles. The Bertz CT molecular complexity index is 1380. The molecule has 0 radical (unpaired) electrons. The van der Waals surface area contributed by atoms with Gasteiger partial charge in [0.15, 0.2) is 17.6 Å². The number of carbonyl (C=O) groups excluding carboxylic acids is 2. The number of aromatic nitrogens is 2. The van der Waals surface area contributed by atoms with E-state index in [1.54, 1.807) is 13.8 Å². The summed E-state index contributed by atoms with van der Waals surface area (Å²) in [6, 6.07) is 2.77. The van der Waals surface area contributed by atoms with Crippen LogP contribution >= 0.6 is 8.18 Å². The zero-order valence-electron chi connectivity index (χ0n) is 24.1. The van der Waals surface area contributed by atoms with E-state index in [9.17, 15) is 32.8 Å². The minimum Gasteiger partial charge on any atom is -0.493 e. The number of nitrogens with one attached hydrogen (secondary N) is 2. The fourth-order valence-electron chi connectivity index (χ4n) is 3.94. The van der Waals surface area contributed by atoms with Gasteiger partial charge in [0.05, 0.1) is 34.0 Å². The molecule has 5 atom stereocenters. The van der Waals surface area contributed by atoms with Gasteiger partial charge >= 0.3 is 17.6 Å². The summed E-state index contributed by atoms with van der Waals surface area (Å²) in [6.45, 7) is 3.87. The SMILES string of the molecule is COc1cc(C(=O)Nc2ccn([C@@H]3OC(CO[PH](=O)N[C@@H](C)C(=O)OC(C)C)[C@H](O)C3(F)F)c(=O)n2)cc(OC)c1OC. The highest BCUT2D eigenvalue weighted by molar-refractivity contribution is 7.36. The summed E-state index contributed by atoms with van der Waals surface area (Å²) < 4.78 is 73.4. The molecule has 43 heavy (non-hydrogen) atoms. The molecule has 2 aromatic rings. The Morgan fingerprint density at radius 1 is 1.16 bits per heavy atom. The first-order chi connectivity index (χ1) is 20.2. The molecule has 1 fully saturated rings. The van der Waals surface area contributed by atoms with Crippen LogP contribution in [0.3, 0.4) is 0 Å². The number of anilines is 1. The number of rotatable bonds is 13. The standard InChI is InChI=1S/C25H33F2N4O11P/c1-12(2)41-22(34)13(3)30-43(36)40-11-17-20(32)25(26,27)23(42-17)31-8-7-18(29-24(31)35)28-21(33)14-9-15(37-4)19(39-6)16(10-14)38-5/h7-10,12-13,17,20,23,32,43H,11H2,1-6H3,(H,30,36)(H,28,29,33,35)/t13-,17?,20-,23+/m0/s1. The number of ether oxygens (including phenoxy) is 5. The Hall–Kier alpha value is -3.63. The number of hydrogen-bond donors (Lipinski definition) is 3. The average molecular weight is 635 g/mol. The lowest BCUT2D eigenvalue weighted by Gasteiger charge is -2.21. The zero-order chi connectivity index (χ0) is 32.1. The number of nitrogens with zero attached hydrogens (tertiary/aromatic N) is 2. The van der Waals surface area contributed by atoms with E-state index in [0.29, 0.717) is 4.57 Å². The van der Waals surface area contributed by atoms with E-state index in [-0.39, 0.29) is 28.6 Å². The Morgan fingerprint density at radius 2 is 1.79 bits per heavy atom. The van der Waals surface area contributed by atoms with Crippen molar-refractivity contribution in [3.05, 3.63) is 40.4 Å². The Balaban J connectivity index is 1.69. The van der Waals surface area contributed by atoms with Crippen LogP contribution in [-0.4, -0.2) is 84.7 Å². The van der Waals surface area contributed by atoms with Gasteiger partial charge in [-0.2, -0.15) is 13.8 Å². The maximum Gasteiger partial charge on any atom is 0.351 e. The van der Waals surface area contributed by atoms with E-state index in [1.165, 1.54) is 40.4 Å². The molecule has 1 saturated heterocycles. The van der Waals surface area contributed by atoms with E-state index >= 15 is 0 Å². The van der Waals surface area contributed by atoms with Gasteiger partial charge in [-0.25, -0.2) is 9.88 Å². The first-order valence-electron chi connectivity index (χ1n) is 12.8. The van der Waals surface area contributed by atoms with Gasteiger partial charge in [0.2, 0.25) is 12.0 Å². The molecule has 2 unspecified atom stereocenters. The molecular formula is C25H33F2N4O11P. The van der Waals surface area contributed by atoms with Crippen molar-refractivity contribution >= 4 is 25.9 Å². The number of hydrogen-bond acceptors (Lipinski definition) is 12. The molecule has 1 amide bonds. The quantitative estimate of drug-likeness (QED) is 0.214. The highest BCUT2D eigenvalue weighted by Gasteiger charge is 2.59. The third-order valence-electron chi connectivity index (χ3n) is 6.05. The summed E-state index contributed by atoms with van der Waals surface area (Å²) in [7, 11) is 0.970. The average Bonchev–Trinajstić information content (AvgIpc) is 3.18. The summed E-state index contributed by atoms with van der Waals surface area (Å²) in [5, 5.41) is 14.9. The molecule has 0 bridgehead atoms. The van der Waals surface area contributed by atoms with Gasteiger partial charge < -0.3 is 38.6 Å². The first kappa shape index (κ1) is 33.9. The lowest BCUT2D eigenvalue weighted by Crippen LogP contribution is -2.42. The molecule has 238 valence electrons. The maximum absolute atomic E-state index is 14.9. The van der Waals surface area contributed by atoms with Crippen molar-refractivity contribution in [2.24, 2.45) is 0 Å². The fourth-order valence-corrected chi connectivity index (χ4v) is 4.81. The van der Waals surface area contributed by atoms with Crippen LogP contribution in [0.15, 0.2) is 29.2 Å². The molecule has 0 aliphatic carbocycles. The summed E-state index contributed by atoms with van der Waals surface area (Å²) in [6.07, 6.45) is -5.94. The Kier molecular flexibility index (Phi) is 11.2. The van der Waals surface area contributed by atoms with Crippen molar-refractivity contribution in [1.82, 2.24) is 14.6 Å². The Morgan fingerprint density at radius 3 is 2.33 bits per heavy atom. The summed E-state index contributed by atoms with van der Waals surface area (Å²) >= 11 is 0. The zero-order valence-corrected chi connectivity index (χ0v) is 25.1. The number of halogens is 2. The van der Waals surface area contributed by atoms with E-state index in [2.05, 4.69) is 15.4 Å². The second kappa shape index (κ2) is 14.2. The van der Waals surface area contributed by atoms with Crippen molar-refractivity contribution in [1.29, 1.82) is 0 Å². The minimum atomic E-state index is -3.99. The van der Waals surface area contributed by atoms with E-state index < -0.39 is 68.9 Å². The molecule has 15 nitrogen and oxygen atoms in total. The lowest BCUT2D eigenvalue weighted by molar-refractivity contribution is -0.149. The third kappa shape index (κ3) is 7.86. The predicted molar refractivity (Wildman–Crippen MR) is 146 cm³/mol. The van der Waals surface area contributed by atoms with Crippen LogP contribution in [0, 0.1) is 0 Å². The van der Waals surface area contributed by atoms with Crippen LogP contribution in [0.2, 0.25) is 0 Å². The normalized spacial score (nSPS) is 20.7. The van der Waals surface area contributed by atoms with Gasteiger partial charge in [0.1, 0.15) is 18.0 Å². The second-order valence-corrected chi connectivity index (χ2v) is 10.6. The molecule has 1 aromatic heterocycles. The third-order valence-corrected chi connectivity index (χ3v) is 7.15. The summed E-state index contributed by atoms with van der Waals surface area (Å²) in [5.74, 6) is -5.05. The Labute approximate surface area is 245 Å². The van der Waals surface area contributed by atoms with Gasteiger partial charge in [0, 0.05) is 11.8 Å². The molecule has 1 aliphatic rings. The van der Waals surface area contributed by atoms with E-state index in [4.69, 9.17) is 28.2 Å². The second-order valence-electron chi connectivity index (χ2n) is 9.47. The van der Waals surface area contributed by atoms with Crippen molar-refractivity contribution in [3.63, 3.8) is 0 Å². The number of aliphatic hydroxyl groups is 1. The minimum absolute atomic E-state index is 0.0529. The van der Waals surface area contributed by atoms with E-state index in [0.717, 1.165) is 12.3 Å². The highest BCUT2D eigenvalue weighted by Crippen LogP contribution is 2.43. The number of aliphatic hydroxyl groups excluding tert-OH is 1. The number of amides is 1. The van der Waals surface area contributed by atoms with Crippen LogP contribution in [0.4, 0.5) is 14.6 Å². The molecule has 0 saturated carbocycles. The van der Waals surface area contributed by atoms with Gasteiger partial charge in [0.25, 0.3) is 14.1 Å². The molecule has 1 aliphatic heterocycles. The molecule has 18 heteroatoms. The van der Waals surface area contributed by atoms with Gasteiger partial charge in [-0.3, -0.25) is 18.7 Å². The molecule has 2 heterocycles. The van der Waals surface area contributed by atoms with Crippen molar-refractivity contribution in [2.45, 2.75) is 57.3 Å². The topological polar surface area (TPSA) is 186 Å². The van der Waals surface area contributed by atoms with Gasteiger partial charge in [-0.15, -0.1) is 0 Å². The lowest BCUT2D eigenvalue weighted by atomic mass is 10.1. The monoisotopic (exact) mass is 634 g/mol. The van der Waals surface area contributed by atoms with Crippen LogP contribution in [-0.2, 0) is 23.4 Å². The van der Waals surface area contributed by atoms with Crippen LogP contribution in [0.1, 0.15) is 37.4 Å². The van der Waals surface area contributed by atoms with Crippen LogP contribution in [0.5, 0.6) is 17.2 Å².